The fourth-order valence-corrected chi connectivity index (χ4v) is 3.00. The largest absolute Gasteiger partial charge is 0.416 e. The van der Waals surface area contributed by atoms with Crippen molar-refractivity contribution in [1.29, 1.82) is 0 Å². The summed E-state index contributed by atoms with van der Waals surface area (Å²) < 4.78 is 37.8. The third-order valence-electron chi connectivity index (χ3n) is 4.33. The quantitative estimate of drug-likeness (QED) is 0.850. The van der Waals surface area contributed by atoms with Gasteiger partial charge >= 0.3 is 6.18 Å². The van der Waals surface area contributed by atoms with Gasteiger partial charge in [-0.25, -0.2) is 0 Å². The maximum atomic E-state index is 12.6. The maximum absolute atomic E-state index is 12.6. The number of nitrogens with one attached hydrogen (secondary N) is 1. The van der Waals surface area contributed by atoms with Crippen LogP contribution in [0.2, 0.25) is 0 Å². The first-order valence-electron chi connectivity index (χ1n) is 8.10. The topological polar surface area (TPSA) is 32.3 Å². The van der Waals surface area contributed by atoms with Gasteiger partial charge in [0.25, 0.3) is 0 Å². The lowest BCUT2D eigenvalue weighted by atomic mass is 9.97. The summed E-state index contributed by atoms with van der Waals surface area (Å²) >= 11 is 0. The minimum atomic E-state index is -4.35. The van der Waals surface area contributed by atoms with E-state index >= 15 is 0 Å². The molecule has 0 spiro atoms. The van der Waals surface area contributed by atoms with Crippen LogP contribution in [0, 0.1) is 5.92 Å². The molecule has 1 aliphatic heterocycles. The van der Waals surface area contributed by atoms with Gasteiger partial charge in [0.05, 0.1) is 5.56 Å². The molecule has 1 aromatic rings. The van der Waals surface area contributed by atoms with Gasteiger partial charge in [0.2, 0.25) is 5.91 Å². The van der Waals surface area contributed by atoms with Crippen molar-refractivity contribution in [1.82, 2.24) is 10.2 Å². The molecule has 132 valence electrons. The number of rotatable bonds is 4. The van der Waals surface area contributed by atoms with E-state index in [-0.39, 0.29) is 5.91 Å². The summed E-state index contributed by atoms with van der Waals surface area (Å²) in [6.45, 7) is 4.08. The van der Waals surface area contributed by atoms with Crippen molar-refractivity contribution in [2.24, 2.45) is 5.92 Å². The van der Waals surface area contributed by atoms with Gasteiger partial charge in [-0.15, -0.1) is 0 Å². The molecule has 0 bridgehead atoms. The second kappa shape index (κ2) is 7.83. The van der Waals surface area contributed by atoms with Crippen LogP contribution in [0.1, 0.15) is 30.9 Å². The molecule has 3 nitrogen and oxygen atoms in total. The van der Waals surface area contributed by atoms with Crippen molar-refractivity contribution in [3.63, 3.8) is 0 Å². The SMILES string of the molecule is CNCC1CCCN(C(=O)/C=C(/C)c2ccc(C(F)(F)F)cc2)C1. The fourth-order valence-electron chi connectivity index (χ4n) is 3.00. The van der Waals surface area contributed by atoms with Crippen LogP contribution in [0.25, 0.3) is 5.57 Å². The van der Waals surface area contributed by atoms with Crippen molar-refractivity contribution in [3.8, 4) is 0 Å². The maximum Gasteiger partial charge on any atom is 0.416 e. The molecule has 2 rings (SSSR count). The number of benzene rings is 1. The van der Waals surface area contributed by atoms with Gasteiger partial charge in [-0.2, -0.15) is 13.2 Å². The number of likely N-dealkylation sites (tertiary alicyclic amines) is 1. The molecule has 1 saturated heterocycles. The van der Waals surface area contributed by atoms with Gasteiger partial charge in [0.15, 0.2) is 0 Å². The van der Waals surface area contributed by atoms with Crippen LogP contribution in [0.4, 0.5) is 13.2 Å². The van der Waals surface area contributed by atoms with E-state index in [9.17, 15) is 18.0 Å². The number of amides is 1. The summed E-state index contributed by atoms with van der Waals surface area (Å²) in [6.07, 6.45) is -0.746. The zero-order valence-corrected chi connectivity index (χ0v) is 14.0. The van der Waals surface area contributed by atoms with Crippen LogP contribution < -0.4 is 5.32 Å². The molecule has 0 saturated carbocycles. The third kappa shape index (κ3) is 4.84. The Morgan fingerprint density at radius 3 is 2.58 bits per heavy atom. The van der Waals surface area contributed by atoms with Crippen LogP contribution in [0.15, 0.2) is 30.3 Å². The molecular weight excluding hydrogens is 317 g/mol. The predicted octanol–water partition coefficient (Wildman–Crippen LogP) is 3.57. The lowest BCUT2D eigenvalue weighted by Crippen LogP contribution is -2.41. The molecule has 1 aliphatic rings. The van der Waals surface area contributed by atoms with E-state index in [4.69, 9.17) is 0 Å². The molecule has 24 heavy (non-hydrogen) atoms. The lowest BCUT2D eigenvalue weighted by Gasteiger charge is -2.32. The smallest absolute Gasteiger partial charge is 0.339 e. The van der Waals surface area contributed by atoms with Crippen LogP contribution in [0.5, 0.6) is 0 Å². The molecule has 0 radical (unpaired) electrons. The normalized spacial score (nSPS) is 19.5. The summed E-state index contributed by atoms with van der Waals surface area (Å²) in [5, 5.41) is 3.14. The Morgan fingerprint density at radius 1 is 1.33 bits per heavy atom. The monoisotopic (exact) mass is 340 g/mol. The van der Waals surface area contributed by atoms with E-state index < -0.39 is 11.7 Å². The number of hydrogen-bond acceptors (Lipinski definition) is 2. The summed E-state index contributed by atoms with van der Waals surface area (Å²) in [7, 11) is 1.90. The number of alkyl halides is 3. The second-order valence-corrected chi connectivity index (χ2v) is 6.25. The predicted molar refractivity (Wildman–Crippen MR) is 88.3 cm³/mol. The molecule has 6 heteroatoms. The average Bonchev–Trinajstić information content (AvgIpc) is 2.54. The average molecular weight is 340 g/mol. The second-order valence-electron chi connectivity index (χ2n) is 6.25. The number of carbonyl (C=O) groups is 1. The molecule has 1 aromatic carbocycles. The van der Waals surface area contributed by atoms with Crippen molar-refractivity contribution in [3.05, 3.63) is 41.5 Å². The first kappa shape index (κ1) is 18.5. The van der Waals surface area contributed by atoms with Crippen LogP contribution >= 0.6 is 0 Å². The molecule has 0 aliphatic carbocycles. The van der Waals surface area contributed by atoms with Gasteiger partial charge in [-0.3, -0.25) is 4.79 Å². The Labute approximate surface area is 140 Å². The summed E-state index contributed by atoms with van der Waals surface area (Å²) in [5.41, 5.74) is 0.612. The molecule has 1 N–H and O–H groups in total. The van der Waals surface area contributed by atoms with Crippen LogP contribution in [-0.2, 0) is 11.0 Å². The number of carbonyl (C=O) groups excluding carboxylic acids is 1. The summed E-state index contributed by atoms with van der Waals surface area (Å²) in [4.78, 5) is 14.2. The highest BCUT2D eigenvalue weighted by molar-refractivity contribution is 5.94. The minimum absolute atomic E-state index is 0.0757. The number of allylic oxidation sites excluding steroid dienone is 1. The molecular formula is C18H23F3N2O. The van der Waals surface area contributed by atoms with Gasteiger partial charge in [-0.05, 0) is 62.5 Å². The molecule has 1 fully saturated rings. The Kier molecular flexibility index (Phi) is 6.04. The number of piperidine rings is 1. The van der Waals surface area contributed by atoms with Crippen molar-refractivity contribution >= 4 is 11.5 Å². The summed E-state index contributed by atoms with van der Waals surface area (Å²) in [5.74, 6) is 0.376. The van der Waals surface area contributed by atoms with E-state index in [0.717, 1.165) is 44.6 Å². The molecule has 1 unspecified atom stereocenters. The minimum Gasteiger partial charge on any atom is -0.339 e. The Balaban J connectivity index is 2.05. The van der Waals surface area contributed by atoms with Crippen LogP contribution in [-0.4, -0.2) is 37.5 Å². The van der Waals surface area contributed by atoms with Gasteiger partial charge in [0, 0.05) is 19.2 Å². The standard InChI is InChI=1S/C18H23F3N2O/c1-13(15-5-7-16(8-6-15)18(19,20)21)10-17(24)23-9-3-4-14(12-23)11-22-2/h5-8,10,14,22H,3-4,9,11-12H2,1-2H3/b13-10-. The van der Waals surface area contributed by atoms with E-state index in [2.05, 4.69) is 5.32 Å². The van der Waals surface area contributed by atoms with Gasteiger partial charge < -0.3 is 10.2 Å². The molecule has 0 aromatic heterocycles. The summed E-state index contributed by atoms with van der Waals surface area (Å²) in [6, 6.07) is 4.89. The Bertz CT molecular complexity index is 591. The van der Waals surface area contributed by atoms with Crippen molar-refractivity contribution in [2.75, 3.05) is 26.7 Å². The van der Waals surface area contributed by atoms with Gasteiger partial charge in [-0.1, -0.05) is 12.1 Å². The van der Waals surface area contributed by atoms with Crippen LogP contribution in [0.3, 0.4) is 0 Å². The highest BCUT2D eigenvalue weighted by Gasteiger charge is 2.30. The van der Waals surface area contributed by atoms with Crippen molar-refractivity contribution < 1.29 is 18.0 Å². The first-order chi connectivity index (χ1) is 11.3. The highest BCUT2D eigenvalue weighted by atomic mass is 19.4. The number of nitrogens with zero attached hydrogens (tertiary/aromatic N) is 1. The zero-order valence-electron chi connectivity index (χ0n) is 14.0. The number of hydrogen-bond donors (Lipinski definition) is 1. The van der Waals surface area contributed by atoms with Crippen molar-refractivity contribution in [2.45, 2.75) is 25.9 Å². The van der Waals surface area contributed by atoms with Gasteiger partial charge in [0.1, 0.15) is 0 Å². The Morgan fingerprint density at radius 2 is 2.00 bits per heavy atom. The zero-order chi connectivity index (χ0) is 17.7. The van der Waals surface area contributed by atoms with E-state index in [1.54, 1.807) is 6.92 Å². The van der Waals surface area contributed by atoms with E-state index in [1.165, 1.54) is 18.2 Å². The molecule has 1 amide bonds. The molecule has 1 heterocycles. The third-order valence-corrected chi connectivity index (χ3v) is 4.33. The first-order valence-corrected chi connectivity index (χ1v) is 8.10. The number of halogens is 3. The van der Waals surface area contributed by atoms with E-state index in [0.29, 0.717) is 17.1 Å². The fraction of sp³-hybridized carbons (Fsp3) is 0.500. The highest BCUT2D eigenvalue weighted by Crippen LogP contribution is 2.30. The lowest BCUT2D eigenvalue weighted by molar-refractivity contribution is -0.137. The van der Waals surface area contributed by atoms with E-state index in [1.807, 2.05) is 11.9 Å². The Hall–Kier alpha value is -1.82. The molecule has 1 atom stereocenters.